The summed E-state index contributed by atoms with van der Waals surface area (Å²) in [4.78, 5) is 0. The van der Waals surface area contributed by atoms with Crippen molar-refractivity contribution in [2.75, 3.05) is 0 Å². The van der Waals surface area contributed by atoms with Gasteiger partial charge in [0.15, 0.2) is 0 Å². The van der Waals surface area contributed by atoms with Crippen molar-refractivity contribution in [1.29, 1.82) is 10.8 Å². The third-order valence-electron chi connectivity index (χ3n) is 1.47. The molecule has 0 saturated carbocycles. The molecule has 12 heavy (non-hydrogen) atoms. The topological polar surface area (TPSA) is 99.7 Å². The van der Waals surface area contributed by atoms with E-state index < -0.39 is 0 Å². The maximum absolute atomic E-state index is 7.20. The second-order valence-electron chi connectivity index (χ2n) is 2.83. The van der Waals surface area contributed by atoms with Crippen molar-refractivity contribution >= 4 is 11.9 Å². The van der Waals surface area contributed by atoms with Gasteiger partial charge in [0.05, 0.1) is 0 Å². The number of nitrogens with two attached hydrogens (primary N) is 2. The molecular formula is C8H16N4. The predicted octanol–water partition coefficient (Wildman–Crippen LogP) is 0.626. The van der Waals surface area contributed by atoms with Crippen LogP contribution in [0.4, 0.5) is 0 Å². The minimum absolute atomic E-state index is 0.0982. The van der Waals surface area contributed by atoms with Crippen molar-refractivity contribution in [2.45, 2.75) is 25.8 Å². The second-order valence-corrected chi connectivity index (χ2v) is 2.83. The Balaban J connectivity index is 3.90. The molecule has 0 bridgehead atoms. The Bertz CT molecular complexity index is 195. The minimum atomic E-state index is -0.0982. The highest BCUT2D eigenvalue weighted by atomic mass is 14.6. The van der Waals surface area contributed by atoms with Crippen LogP contribution in [0.2, 0.25) is 0 Å². The van der Waals surface area contributed by atoms with E-state index in [1.54, 1.807) is 6.92 Å². The van der Waals surface area contributed by atoms with Crippen LogP contribution in [0.15, 0.2) is 11.8 Å². The molecule has 0 aliphatic carbocycles. The summed E-state index contributed by atoms with van der Waals surface area (Å²) in [5, 5.41) is 14.1. The van der Waals surface area contributed by atoms with Crippen molar-refractivity contribution in [3.05, 3.63) is 11.8 Å². The Hall–Kier alpha value is -1.16. The average Bonchev–Trinajstić information content (AvgIpc) is 1.98. The minimum Gasteiger partial charge on any atom is -0.404 e. The average molecular weight is 168 g/mol. The van der Waals surface area contributed by atoms with Gasteiger partial charge in [-0.1, -0.05) is 0 Å². The summed E-state index contributed by atoms with van der Waals surface area (Å²) < 4.78 is 0. The third-order valence-corrected chi connectivity index (χ3v) is 1.47. The van der Waals surface area contributed by atoms with E-state index in [0.717, 1.165) is 0 Å². The lowest BCUT2D eigenvalue weighted by atomic mass is 10.0. The van der Waals surface area contributed by atoms with Gasteiger partial charge in [-0.3, -0.25) is 0 Å². The van der Waals surface area contributed by atoms with Gasteiger partial charge in [0.25, 0.3) is 0 Å². The van der Waals surface area contributed by atoms with Crippen LogP contribution in [-0.4, -0.2) is 18.0 Å². The third kappa shape index (κ3) is 4.62. The molecule has 1 atom stereocenters. The molecule has 0 heterocycles. The Kier molecular flexibility index (Phi) is 4.96. The van der Waals surface area contributed by atoms with Gasteiger partial charge in [-0.05, 0) is 25.1 Å². The molecule has 0 saturated heterocycles. The molecule has 0 amide bonds. The van der Waals surface area contributed by atoms with Gasteiger partial charge in [0.2, 0.25) is 0 Å². The summed E-state index contributed by atoms with van der Waals surface area (Å²) in [7, 11) is 0. The monoisotopic (exact) mass is 168 g/mol. The van der Waals surface area contributed by atoms with Gasteiger partial charge in [0, 0.05) is 24.4 Å². The van der Waals surface area contributed by atoms with Gasteiger partial charge in [-0.25, -0.2) is 0 Å². The van der Waals surface area contributed by atoms with Crippen molar-refractivity contribution in [2.24, 2.45) is 11.5 Å². The SMILES string of the molecule is CC(=N)CC(N)C/C(C=N)=C/N. The van der Waals surface area contributed by atoms with Crippen molar-refractivity contribution in [1.82, 2.24) is 0 Å². The van der Waals surface area contributed by atoms with E-state index in [0.29, 0.717) is 24.1 Å². The van der Waals surface area contributed by atoms with Crippen LogP contribution in [0.25, 0.3) is 0 Å². The first-order valence-corrected chi connectivity index (χ1v) is 3.81. The fraction of sp³-hybridized carbons (Fsp3) is 0.500. The number of rotatable bonds is 5. The molecule has 0 spiro atoms. The maximum atomic E-state index is 7.20. The standard InChI is InChI=1S/C8H16N4/c1-6(11)2-8(12)3-7(4-9)5-10/h4-5,8-9,11H,2-3,10,12H2,1H3/b7-5-,9-4?,11-6?. The van der Waals surface area contributed by atoms with Crippen molar-refractivity contribution in [3.63, 3.8) is 0 Å². The highest BCUT2D eigenvalue weighted by molar-refractivity contribution is 5.80. The lowest BCUT2D eigenvalue weighted by Crippen LogP contribution is -2.23. The first-order valence-electron chi connectivity index (χ1n) is 3.81. The van der Waals surface area contributed by atoms with Gasteiger partial charge in [0.1, 0.15) is 0 Å². The van der Waals surface area contributed by atoms with Crippen LogP contribution in [0.1, 0.15) is 19.8 Å². The van der Waals surface area contributed by atoms with Gasteiger partial charge < -0.3 is 22.3 Å². The molecule has 0 rings (SSSR count). The van der Waals surface area contributed by atoms with Crippen molar-refractivity contribution < 1.29 is 0 Å². The summed E-state index contributed by atoms with van der Waals surface area (Å²) in [5.41, 5.74) is 12.2. The Morgan fingerprint density at radius 1 is 1.50 bits per heavy atom. The normalized spacial score (nSPS) is 14.0. The summed E-state index contributed by atoms with van der Waals surface area (Å²) in [5.74, 6) is 0. The van der Waals surface area contributed by atoms with Gasteiger partial charge in [-0.2, -0.15) is 0 Å². The highest BCUT2D eigenvalue weighted by Crippen LogP contribution is 2.03. The summed E-state index contributed by atoms with van der Waals surface area (Å²) >= 11 is 0. The molecule has 68 valence electrons. The van der Waals surface area contributed by atoms with E-state index in [9.17, 15) is 0 Å². The first-order chi connectivity index (χ1) is 5.60. The molecule has 4 heteroatoms. The lowest BCUT2D eigenvalue weighted by molar-refractivity contribution is 0.699. The molecule has 0 aliphatic rings. The lowest BCUT2D eigenvalue weighted by Gasteiger charge is -2.09. The van der Waals surface area contributed by atoms with E-state index >= 15 is 0 Å². The molecular weight excluding hydrogens is 152 g/mol. The van der Waals surface area contributed by atoms with E-state index in [1.807, 2.05) is 0 Å². The Morgan fingerprint density at radius 3 is 2.42 bits per heavy atom. The number of hydrogen-bond donors (Lipinski definition) is 4. The van der Waals surface area contributed by atoms with E-state index in [-0.39, 0.29) is 6.04 Å². The van der Waals surface area contributed by atoms with Crippen LogP contribution >= 0.6 is 0 Å². The zero-order valence-corrected chi connectivity index (χ0v) is 7.30. The van der Waals surface area contributed by atoms with Gasteiger partial charge >= 0.3 is 0 Å². The zero-order chi connectivity index (χ0) is 9.56. The van der Waals surface area contributed by atoms with E-state index in [1.165, 1.54) is 12.4 Å². The molecule has 0 aliphatic heterocycles. The largest absolute Gasteiger partial charge is 0.404 e. The van der Waals surface area contributed by atoms with Crippen LogP contribution in [0, 0.1) is 10.8 Å². The van der Waals surface area contributed by atoms with Crippen LogP contribution in [-0.2, 0) is 0 Å². The van der Waals surface area contributed by atoms with E-state index in [4.69, 9.17) is 22.3 Å². The summed E-state index contributed by atoms with van der Waals surface area (Å²) in [6.07, 6.45) is 3.70. The van der Waals surface area contributed by atoms with Gasteiger partial charge in [-0.15, -0.1) is 0 Å². The van der Waals surface area contributed by atoms with Crippen molar-refractivity contribution in [3.8, 4) is 0 Å². The number of hydrogen-bond acceptors (Lipinski definition) is 4. The van der Waals surface area contributed by atoms with Crippen LogP contribution in [0.5, 0.6) is 0 Å². The Labute approximate surface area is 72.7 Å². The molecule has 0 fully saturated rings. The fourth-order valence-corrected chi connectivity index (χ4v) is 0.943. The smallest absolute Gasteiger partial charge is 0.0224 e. The quantitative estimate of drug-likeness (QED) is 0.452. The molecule has 0 aromatic carbocycles. The molecule has 0 aromatic heterocycles. The summed E-state index contributed by atoms with van der Waals surface area (Å²) in [6.45, 7) is 1.72. The second kappa shape index (κ2) is 5.49. The Morgan fingerprint density at radius 2 is 2.08 bits per heavy atom. The highest BCUT2D eigenvalue weighted by Gasteiger charge is 2.04. The maximum Gasteiger partial charge on any atom is 0.0224 e. The molecule has 4 nitrogen and oxygen atoms in total. The van der Waals surface area contributed by atoms with Crippen LogP contribution < -0.4 is 11.5 Å². The first kappa shape index (κ1) is 10.8. The molecule has 6 N–H and O–H groups in total. The summed E-state index contributed by atoms with van der Waals surface area (Å²) in [6, 6.07) is -0.0982. The predicted molar refractivity (Wildman–Crippen MR) is 51.7 cm³/mol. The van der Waals surface area contributed by atoms with Crippen LogP contribution in [0.3, 0.4) is 0 Å². The zero-order valence-electron chi connectivity index (χ0n) is 7.30. The fourth-order valence-electron chi connectivity index (χ4n) is 0.943. The molecule has 0 radical (unpaired) electrons. The molecule has 1 unspecified atom stereocenters. The molecule has 0 aromatic rings. The van der Waals surface area contributed by atoms with E-state index in [2.05, 4.69) is 0 Å². The number of nitrogens with one attached hydrogen (secondary N) is 2.